The van der Waals surface area contributed by atoms with Gasteiger partial charge in [0, 0.05) is 29.7 Å². The maximum absolute atomic E-state index is 4.53. The highest BCUT2D eigenvalue weighted by Crippen LogP contribution is 2.41. The first-order valence-electron chi connectivity index (χ1n) is 7.13. The van der Waals surface area contributed by atoms with Gasteiger partial charge in [0.15, 0.2) is 5.16 Å². The molecular weight excluding hydrogens is 300 g/mol. The van der Waals surface area contributed by atoms with Crippen LogP contribution in [0.5, 0.6) is 0 Å². The van der Waals surface area contributed by atoms with Crippen LogP contribution >= 0.6 is 23.1 Å². The molecule has 0 saturated heterocycles. The predicted octanol–water partition coefficient (Wildman–Crippen LogP) is 3.70. The fourth-order valence-corrected chi connectivity index (χ4v) is 5.19. The average Bonchev–Trinajstić information content (AvgIpc) is 3.02. The minimum absolute atomic E-state index is 0.782. The Morgan fingerprint density at radius 2 is 2.24 bits per heavy atom. The molecule has 0 spiro atoms. The highest BCUT2D eigenvalue weighted by molar-refractivity contribution is 7.99. The van der Waals surface area contributed by atoms with Crippen LogP contribution in [0.3, 0.4) is 0 Å². The first kappa shape index (κ1) is 13.3. The normalized spacial score (nSPS) is 18.1. The van der Waals surface area contributed by atoms with Gasteiger partial charge in [-0.2, -0.15) is 0 Å². The summed E-state index contributed by atoms with van der Waals surface area (Å²) < 4.78 is 2.03. The zero-order valence-corrected chi connectivity index (χ0v) is 13.7. The zero-order chi connectivity index (χ0) is 14.4. The van der Waals surface area contributed by atoms with Crippen LogP contribution in [0.1, 0.15) is 23.8 Å². The van der Waals surface area contributed by atoms with E-state index in [9.17, 15) is 0 Å². The Hall–Kier alpha value is -1.40. The summed E-state index contributed by atoms with van der Waals surface area (Å²) in [6, 6.07) is 0. The van der Waals surface area contributed by atoms with Gasteiger partial charge >= 0.3 is 0 Å². The molecule has 0 fully saturated rings. The summed E-state index contributed by atoms with van der Waals surface area (Å²) in [5.41, 5.74) is 1.48. The van der Waals surface area contributed by atoms with E-state index >= 15 is 0 Å². The Morgan fingerprint density at radius 3 is 3.05 bits per heavy atom. The Balaban J connectivity index is 1.84. The van der Waals surface area contributed by atoms with Crippen LogP contribution in [0, 0.1) is 5.92 Å². The fourth-order valence-electron chi connectivity index (χ4n) is 2.86. The molecule has 4 nitrogen and oxygen atoms in total. The molecule has 21 heavy (non-hydrogen) atoms. The first-order valence-corrected chi connectivity index (χ1v) is 8.76. The molecule has 0 radical (unpaired) electrons. The van der Waals surface area contributed by atoms with Gasteiger partial charge in [-0.25, -0.2) is 15.0 Å². The van der Waals surface area contributed by atoms with Crippen molar-refractivity contribution in [2.75, 3.05) is 0 Å². The SMILES string of the molecule is CC1CCc2c(sc3ncnc(Sc4nccn4C)c23)C1. The lowest BCUT2D eigenvalue weighted by molar-refractivity contribution is 0.509. The maximum Gasteiger partial charge on any atom is 0.174 e. The molecule has 0 bridgehead atoms. The van der Waals surface area contributed by atoms with Crippen molar-refractivity contribution < 1.29 is 0 Å². The van der Waals surface area contributed by atoms with E-state index in [0.717, 1.165) is 27.4 Å². The molecule has 0 N–H and O–H groups in total. The number of aromatic nitrogens is 4. The highest BCUT2D eigenvalue weighted by atomic mass is 32.2. The largest absolute Gasteiger partial charge is 0.329 e. The number of rotatable bonds is 2. The molecule has 0 aliphatic heterocycles. The van der Waals surface area contributed by atoms with Gasteiger partial charge < -0.3 is 4.57 Å². The van der Waals surface area contributed by atoms with Crippen molar-refractivity contribution in [1.82, 2.24) is 19.5 Å². The lowest BCUT2D eigenvalue weighted by Gasteiger charge is -2.18. The third-order valence-electron chi connectivity index (χ3n) is 4.02. The molecule has 0 amide bonds. The first-order chi connectivity index (χ1) is 10.2. The minimum atomic E-state index is 0.782. The van der Waals surface area contributed by atoms with Crippen molar-refractivity contribution in [3.05, 3.63) is 29.2 Å². The quantitative estimate of drug-likeness (QED) is 0.676. The lowest BCUT2D eigenvalue weighted by atomic mass is 9.89. The summed E-state index contributed by atoms with van der Waals surface area (Å²) in [6.07, 6.45) is 9.07. The minimum Gasteiger partial charge on any atom is -0.329 e. The van der Waals surface area contributed by atoms with Crippen LogP contribution in [-0.2, 0) is 19.9 Å². The third-order valence-corrected chi connectivity index (χ3v) is 6.26. The molecule has 1 aliphatic rings. The van der Waals surface area contributed by atoms with E-state index in [1.54, 1.807) is 18.1 Å². The molecule has 108 valence electrons. The molecule has 6 heteroatoms. The van der Waals surface area contributed by atoms with Gasteiger partial charge in [0.1, 0.15) is 16.2 Å². The number of nitrogens with zero attached hydrogens (tertiary/aromatic N) is 4. The van der Waals surface area contributed by atoms with E-state index in [2.05, 4.69) is 21.9 Å². The monoisotopic (exact) mass is 316 g/mol. The molecule has 1 unspecified atom stereocenters. The van der Waals surface area contributed by atoms with E-state index in [1.807, 2.05) is 35.3 Å². The van der Waals surface area contributed by atoms with Crippen molar-refractivity contribution in [2.45, 2.75) is 36.4 Å². The Morgan fingerprint density at radius 1 is 1.33 bits per heavy atom. The number of fused-ring (bicyclic) bond motifs is 3. The van der Waals surface area contributed by atoms with E-state index < -0.39 is 0 Å². The van der Waals surface area contributed by atoms with Crippen molar-refractivity contribution >= 4 is 33.3 Å². The van der Waals surface area contributed by atoms with Crippen LogP contribution in [0.25, 0.3) is 10.2 Å². The van der Waals surface area contributed by atoms with E-state index in [-0.39, 0.29) is 0 Å². The highest BCUT2D eigenvalue weighted by Gasteiger charge is 2.23. The van der Waals surface area contributed by atoms with Gasteiger partial charge in [0.2, 0.25) is 0 Å². The second kappa shape index (κ2) is 5.10. The van der Waals surface area contributed by atoms with Crippen LogP contribution in [0.2, 0.25) is 0 Å². The number of hydrogen-bond donors (Lipinski definition) is 0. The van der Waals surface area contributed by atoms with Gasteiger partial charge in [0.05, 0.1) is 0 Å². The van der Waals surface area contributed by atoms with Crippen LogP contribution in [0.15, 0.2) is 28.9 Å². The molecule has 3 aromatic heterocycles. The summed E-state index contributed by atoms with van der Waals surface area (Å²) in [4.78, 5) is 16.0. The average molecular weight is 316 g/mol. The number of imidazole rings is 1. The van der Waals surface area contributed by atoms with Gasteiger partial charge in [-0.3, -0.25) is 0 Å². The molecule has 1 atom stereocenters. The van der Waals surface area contributed by atoms with E-state index in [0.29, 0.717) is 0 Å². The van der Waals surface area contributed by atoms with E-state index in [4.69, 9.17) is 0 Å². The second-order valence-corrected chi connectivity index (χ2v) is 7.67. The summed E-state index contributed by atoms with van der Waals surface area (Å²) in [5.74, 6) is 0.782. The van der Waals surface area contributed by atoms with Crippen molar-refractivity contribution in [3.63, 3.8) is 0 Å². The maximum atomic E-state index is 4.53. The number of thiophene rings is 1. The van der Waals surface area contributed by atoms with Crippen LogP contribution in [-0.4, -0.2) is 19.5 Å². The van der Waals surface area contributed by atoms with Crippen molar-refractivity contribution in [1.29, 1.82) is 0 Å². The molecule has 3 aromatic rings. The molecule has 1 aliphatic carbocycles. The summed E-state index contributed by atoms with van der Waals surface area (Å²) in [5, 5.41) is 3.28. The Bertz CT molecular complexity index is 805. The lowest BCUT2D eigenvalue weighted by Crippen LogP contribution is -2.08. The Labute approximate surface area is 131 Å². The smallest absolute Gasteiger partial charge is 0.174 e. The topological polar surface area (TPSA) is 43.6 Å². The predicted molar refractivity (Wildman–Crippen MR) is 85.9 cm³/mol. The molecule has 3 heterocycles. The number of hydrogen-bond acceptors (Lipinski definition) is 5. The van der Waals surface area contributed by atoms with Gasteiger partial charge in [0.25, 0.3) is 0 Å². The van der Waals surface area contributed by atoms with Crippen molar-refractivity contribution in [2.24, 2.45) is 13.0 Å². The van der Waals surface area contributed by atoms with Crippen LogP contribution in [0.4, 0.5) is 0 Å². The molecule has 0 saturated carbocycles. The van der Waals surface area contributed by atoms with Gasteiger partial charge in [-0.05, 0) is 42.5 Å². The van der Waals surface area contributed by atoms with Crippen LogP contribution < -0.4 is 0 Å². The second-order valence-electron chi connectivity index (χ2n) is 5.63. The standard InChI is InChI=1S/C15H16N4S2/c1-9-3-4-10-11(7-9)20-13-12(10)14(18-8-17-13)21-15-16-5-6-19(15)2/h5-6,8-9H,3-4,7H2,1-2H3. The van der Waals surface area contributed by atoms with Crippen molar-refractivity contribution in [3.8, 4) is 0 Å². The Kier molecular flexibility index (Phi) is 3.23. The summed E-state index contributed by atoms with van der Waals surface area (Å²) >= 11 is 3.48. The summed E-state index contributed by atoms with van der Waals surface area (Å²) in [6.45, 7) is 2.34. The fraction of sp³-hybridized carbons (Fsp3) is 0.400. The zero-order valence-electron chi connectivity index (χ0n) is 12.0. The molecule has 0 aromatic carbocycles. The number of aryl methyl sites for hydroxylation is 2. The van der Waals surface area contributed by atoms with Gasteiger partial charge in [-0.1, -0.05) is 6.92 Å². The summed E-state index contributed by atoms with van der Waals surface area (Å²) in [7, 11) is 2.01. The third kappa shape index (κ3) is 2.26. The molecular formula is C15H16N4S2. The molecule has 4 rings (SSSR count). The van der Waals surface area contributed by atoms with Gasteiger partial charge in [-0.15, -0.1) is 11.3 Å². The van der Waals surface area contributed by atoms with E-state index in [1.165, 1.54) is 28.7 Å².